The van der Waals surface area contributed by atoms with E-state index in [0.717, 1.165) is 12.0 Å². The zero-order valence-electron chi connectivity index (χ0n) is 9.10. The van der Waals surface area contributed by atoms with Crippen molar-refractivity contribution >= 4 is 15.5 Å². The Morgan fingerprint density at radius 3 is 2.88 bits per heavy atom. The molecule has 0 saturated carbocycles. The first-order valence-corrected chi connectivity index (χ1v) is 6.95. The van der Waals surface area contributed by atoms with Gasteiger partial charge in [-0.1, -0.05) is 13.0 Å². The normalized spacial score (nSPS) is 22.2. The van der Waals surface area contributed by atoms with Gasteiger partial charge in [-0.05, 0) is 24.1 Å². The van der Waals surface area contributed by atoms with Gasteiger partial charge in [0.2, 0.25) is 0 Å². The molecule has 2 N–H and O–H groups in total. The second-order valence-corrected chi connectivity index (χ2v) is 5.99. The molecule has 1 aliphatic heterocycles. The average molecular weight is 241 g/mol. The van der Waals surface area contributed by atoms with Crippen molar-refractivity contribution in [1.82, 2.24) is 0 Å². The highest BCUT2D eigenvalue weighted by Crippen LogP contribution is 2.29. The van der Waals surface area contributed by atoms with Gasteiger partial charge < -0.3 is 10.4 Å². The van der Waals surface area contributed by atoms with E-state index >= 15 is 0 Å². The molecule has 88 valence electrons. The van der Waals surface area contributed by atoms with Gasteiger partial charge in [0.05, 0.1) is 29.0 Å². The molecule has 16 heavy (non-hydrogen) atoms. The van der Waals surface area contributed by atoms with Crippen molar-refractivity contribution in [2.45, 2.75) is 24.3 Å². The van der Waals surface area contributed by atoms with E-state index in [1.54, 1.807) is 12.1 Å². The molecule has 5 heteroatoms. The standard InChI is InChI=1S/C11H15NO3S/c1-2-8-3-4-10-11(5-8)16(14,15)7-9(6-13)12-10/h3-5,9,12-13H,2,6-7H2,1H3. The molecule has 0 aliphatic carbocycles. The first kappa shape index (κ1) is 11.4. The predicted octanol–water partition coefficient (Wildman–Crippen LogP) is 0.809. The van der Waals surface area contributed by atoms with Gasteiger partial charge in [-0.25, -0.2) is 8.42 Å². The number of nitrogens with one attached hydrogen (secondary N) is 1. The van der Waals surface area contributed by atoms with Gasteiger partial charge in [-0.2, -0.15) is 0 Å². The molecule has 0 radical (unpaired) electrons. The molecule has 1 aromatic rings. The summed E-state index contributed by atoms with van der Waals surface area (Å²) in [6.45, 7) is 1.81. The molecule has 1 unspecified atom stereocenters. The van der Waals surface area contributed by atoms with Crippen LogP contribution in [0, 0.1) is 0 Å². The van der Waals surface area contributed by atoms with Crippen LogP contribution in [0.25, 0.3) is 0 Å². The minimum Gasteiger partial charge on any atom is -0.394 e. The second-order valence-electron chi connectivity index (χ2n) is 3.99. The third kappa shape index (κ3) is 1.92. The van der Waals surface area contributed by atoms with Crippen molar-refractivity contribution < 1.29 is 13.5 Å². The van der Waals surface area contributed by atoms with Gasteiger partial charge in [0.15, 0.2) is 9.84 Å². The number of benzene rings is 1. The highest BCUT2D eigenvalue weighted by molar-refractivity contribution is 7.91. The van der Waals surface area contributed by atoms with Gasteiger partial charge >= 0.3 is 0 Å². The number of anilines is 1. The zero-order valence-corrected chi connectivity index (χ0v) is 9.92. The molecule has 4 nitrogen and oxygen atoms in total. The van der Waals surface area contributed by atoms with Crippen LogP contribution >= 0.6 is 0 Å². The van der Waals surface area contributed by atoms with Crippen LogP contribution in [0.1, 0.15) is 12.5 Å². The van der Waals surface area contributed by atoms with Gasteiger partial charge in [0.1, 0.15) is 0 Å². The molecule has 0 amide bonds. The van der Waals surface area contributed by atoms with Crippen molar-refractivity contribution in [3.8, 4) is 0 Å². The molecule has 0 saturated heterocycles. The number of rotatable bonds is 2. The maximum atomic E-state index is 12.0. The Kier molecular flexibility index (Phi) is 2.90. The van der Waals surface area contributed by atoms with E-state index in [0.29, 0.717) is 10.6 Å². The summed E-state index contributed by atoms with van der Waals surface area (Å²) < 4.78 is 23.9. The van der Waals surface area contributed by atoms with E-state index in [2.05, 4.69) is 5.32 Å². The Bertz CT molecular complexity index is 496. The van der Waals surface area contributed by atoms with Crippen LogP contribution in [0.5, 0.6) is 0 Å². The van der Waals surface area contributed by atoms with E-state index in [-0.39, 0.29) is 12.4 Å². The third-order valence-corrected chi connectivity index (χ3v) is 4.64. The number of aryl methyl sites for hydroxylation is 1. The van der Waals surface area contributed by atoms with Crippen molar-refractivity contribution in [1.29, 1.82) is 0 Å². The van der Waals surface area contributed by atoms with E-state index in [1.165, 1.54) is 0 Å². The summed E-state index contributed by atoms with van der Waals surface area (Å²) in [5.41, 5.74) is 1.61. The summed E-state index contributed by atoms with van der Waals surface area (Å²) in [7, 11) is -3.26. The van der Waals surface area contributed by atoms with Crippen LogP contribution in [0.4, 0.5) is 5.69 Å². The van der Waals surface area contributed by atoms with E-state index in [4.69, 9.17) is 5.11 Å². The van der Waals surface area contributed by atoms with Gasteiger partial charge in [0, 0.05) is 0 Å². The topological polar surface area (TPSA) is 66.4 Å². The van der Waals surface area contributed by atoms with Crippen molar-refractivity contribution in [2.24, 2.45) is 0 Å². The third-order valence-electron chi connectivity index (χ3n) is 2.79. The number of sulfone groups is 1. The van der Waals surface area contributed by atoms with E-state index in [1.807, 2.05) is 13.0 Å². The molecule has 0 fully saturated rings. The quantitative estimate of drug-likeness (QED) is 0.804. The Morgan fingerprint density at radius 2 is 2.25 bits per heavy atom. The lowest BCUT2D eigenvalue weighted by Crippen LogP contribution is -2.36. The van der Waals surface area contributed by atoms with Gasteiger partial charge in [-0.3, -0.25) is 0 Å². The summed E-state index contributed by atoms with van der Waals surface area (Å²) in [6, 6.07) is 4.99. The second kappa shape index (κ2) is 4.07. The van der Waals surface area contributed by atoms with Crippen LogP contribution in [0.15, 0.2) is 23.1 Å². The lowest BCUT2D eigenvalue weighted by molar-refractivity contribution is 0.281. The SMILES string of the molecule is CCc1ccc2c(c1)S(=O)(=O)CC(CO)N2. The van der Waals surface area contributed by atoms with Crippen LogP contribution in [0.2, 0.25) is 0 Å². The molecule has 1 aromatic carbocycles. The highest BCUT2D eigenvalue weighted by atomic mass is 32.2. The minimum atomic E-state index is -3.26. The van der Waals surface area contributed by atoms with Gasteiger partial charge in [0.25, 0.3) is 0 Å². The first-order chi connectivity index (χ1) is 7.56. The molecular weight excluding hydrogens is 226 g/mol. The largest absolute Gasteiger partial charge is 0.394 e. The van der Waals surface area contributed by atoms with Crippen LogP contribution < -0.4 is 5.32 Å². The monoisotopic (exact) mass is 241 g/mol. The molecule has 0 spiro atoms. The number of aliphatic hydroxyl groups excluding tert-OH is 1. The first-order valence-electron chi connectivity index (χ1n) is 5.30. The summed E-state index contributed by atoms with van der Waals surface area (Å²) in [4.78, 5) is 0.358. The van der Waals surface area contributed by atoms with Gasteiger partial charge in [-0.15, -0.1) is 0 Å². The molecule has 1 aliphatic rings. The number of fused-ring (bicyclic) bond motifs is 1. The fourth-order valence-corrected chi connectivity index (χ4v) is 3.57. The molecule has 1 heterocycles. The van der Waals surface area contributed by atoms with E-state index < -0.39 is 15.9 Å². The maximum absolute atomic E-state index is 12.0. The minimum absolute atomic E-state index is 0.0380. The number of aliphatic hydroxyl groups is 1. The van der Waals surface area contributed by atoms with E-state index in [9.17, 15) is 8.42 Å². The smallest absolute Gasteiger partial charge is 0.182 e. The number of hydrogen-bond donors (Lipinski definition) is 2. The Balaban J connectivity index is 2.52. The Morgan fingerprint density at radius 1 is 1.50 bits per heavy atom. The maximum Gasteiger partial charge on any atom is 0.182 e. The fourth-order valence-electron chi connectivity index (χ4n) is 1.88. The summed E-state index contributed by atoms with van der Waals surface area (Å²) >= 11 is 0. The predicted molar refractivity (Wildman–Crippen MR) is 62.4 cm³/mol. The lowest BCUT2D eigenvalue weighted by atomic mass is 10.1. The van der Waals surface area contributed by atoms with Crippen LogP contribution in [-0.4, -0.2) is 31.9 Å². The number of hydrogen-bond acceptors (Lipinski definition) is 4. The average Bonchev–Trinajstić information content (AvgIpc) is 2.27. The van der Waals surface area contributed by atoms with Crippen LogP contribution in [0.3, 0.4) is 0 Å². The molecule has 1 atom stereocenters. The molecule has 0 aromatic heterocycles. The van der Waals surface area contributed by atoms with Crippen LogP contribution in [-0.2, 0) is 16.3 Å². The summed E-state index contributed by atoms with van der Waals surface area (Å²) in [5.74, 6) is -0.0380. The Labute approximate surface area is 95.2 Å². The fraction of sp³-hybridized carbons (Fsp3) is 0.455. The Hall–Kier alpha value is -1.07. The summed E-state index contributed by atoms with van der Waals surface area (Å²) in [6.07, 6.45) is 0.812. The highest BCUT2D eigenvalue weighted by Gasteiger charge is 2.29. The van der Waals surface area contributed by atoms with Crippen molar-refractivity contribution in [2.75, 3.05) is 17.7 Å². The van der Waals surface area contributed by atoms with Crippen molar-refractivity contribution in [3.05, 3.63) is 23.8 Å². The summed E-state index contributed by atoms with van der Waals surface area (Å²) in [5, 5.41) is 12.0. The lowest BCUT2D eigenvalue weighted by Gasteiger charge is -2.25. The zero-order chi connectivity index (χ0) is 11.8. The molecule has 0 bridgehead atoms. The molecule has 2 rings (SSSR count). The van der Waals surface area contributed by atoms with Crippen molar-refractivity contribution in [3.63, 3.8) is 0 Å². The molecular formula is C11H15NO3S.